The van der Waals surface area contributed by atoms with Gasteiger partial charge in [-0.3, -0.25) is 4.98 Å². The number of aliphatic hydroxyl groups excluding tert-OH is 2. The zero-order valence-electron chi connectivity index (χ0n) is 36.4. The van der Waals surface area contributed by atoms with Crippen molar-refractivity contribution in [2.75, 3.05) is 14.2 Å². The third-order valence-electron chi connectivity index (χ3n) is 9.05. The van der Waals surface area contributed by atoms with Crippen molar-refractivity contribution < 1.29 is 59.3 Å². The monoisotopic (exact) mass is 1220 g/mol. The number of aliphatic hydroxyl groups is 2. The molecule has 0 fully saturated rings. The minimum atomic E-state index is 0. The Morgan fingerprint density at radius 3 is 1.37 bits per heavy atom. The van der Waals surface area contributed by atoms with Gasteiger partial charge in [0, 0.05) is 94.5 Å². The second-order valence-corrected chi connectivity index (χ2v) is 13.5. The number of furan rings is 2. The molecule has 0 aliphatic rings. The van der Waals surface area contributed by atoms with Crippen LogP contribution < -0.4 is 0 Å². The first-order chi connectivity index (χ1) is 30.4. The number of fused-ring (bicyclic) bond motifs is 2. The molecule has 4 aromatic carbocycles. The molecule has 6 heterocycles. The second kappa shape index (κ2) is 29.3. The maximum absolute atomic E-state index is 7.00. The van der Waals surface area contributed by atoms with Gasteiger partial charge in [0.15, 0.2) is 0 Å². The molecule has 0 unspecified atom stereocenters. The summed E-state index contributed by atoms with van der Waals surface area (Å²) in [6.45, 7) is 8.11. The Kier molecular flexibility index (Phi) is 24.7. The van der Waals surface area contributed by atoms with Crippen molar-refractivity contribution >= 4 is 21.9 Å². The summed E-state index contributed by atoms with van der Waals surface area (Å²) in [6, 6.07) is 59.3. The van der Waals surface area contributed by atoms with E-state index in [1.54, 1.807) is 24.9 Å². The second-order valence-electron chi connectivity index (χ2n) is 13.5. The van der Waals surface area contributed by atoms with Gasteiger partial charge in [-0.25, -0.2) is 0 Å². The molecule has 0 amide bonds. The Labute approximate surface area is 410 Å². The Hall–Kier alpha value is -6.22. The fourth-order valence-electron chi connectivity index (χ4n) is 6.09. The van der Waals surface area contributed by atoms with Crippen molar-refractivity contribution in [2.45, 2.75) is 35.1 Å². The van der Waals surface area contributed by atoms with Crippen LogP contribution >= 0.6 is 0 Å². The van der Waals surface area contributed by atoms with Crippen molar-refractivity contribution in [3.8, 4) is 45.0 Å². The van der Waals surface area contributed by atoms with Crippen molar-refractivity contribution in [3.63, 3.8) is 0 Å². The van der Waals surface area contributed by atoms with E-state index < -0.39 is 0 Å². The summed E-state index contributed by atoms with van der Waals surface area (Å²) >= 11 is 0. The van der Waals surface area contributed by atoms with Gasteiger partial charge in [-0.2, -0.15) is 0 Å². The van der Waals surface area contributed by atoms with Crippen molar-refractivity contribution in [1.82, 2.24) is 19.9 Å². The molecule has 10 rings (SSSR count). The Bertz CT molecular complexity index is 2640. The van der Waals surface area contributed by atoms with Gasteiger partial charge in [-0.05, 0) is 74.3 Å². The van der Waals surface area contributed by atoms with E-state index in [1.165, 1.54) is 11.1 Å². The summed E-state index contributed by atoms with van der Waals surface area (Å²) in [5.74, 6) is 0. The van der Waals surface area contributed by atoms with Crippen LogP contribution in [0.2, 0.25) is 0 Å². The van der Waals surface area contributed by atoms with E-state index in [0.717, 1.165) is 92.6 Å². The predicted octanol–water partition coefficient (Wildman–Crippen LogP) is 13.0. The van der Waals surface area contributed by atoms with Gasteiger partial charge in [-0.15, -0.1) is 107 Å². The Balaban J connectivity index is 0.000000287. The molecule has 2 N–H and O–H groups in total. The van der Waals surface area contributed by atoms with Gasteiger partial charge in [-0.1, -0.05) is 68.4 Å². The summed E-state index contributed by atoms with van der Waals surface area (Å²) in [7, 11) is 2.00. The summed E-state index contributed by atoms with van der Waals surface area (Å²) in [4.78, 5) is 17.6. The molecule has 0 atom stereocenters. The van der Waals surface area contributed by atoms with Gasteiger partial charge in [0.2, 0.25) is 0 Å². The summed E-state index contributed by atoms with van der Waals surface area (Å²) in [5, 5.41) is 16.1. The third kappa shape index (κ3) is 16.1. The van der Waals surface area contributed by atoms with Gasteiger partial charge < -0.3 is 34.0 Å². The van der Waals surface area contributed by atoms with Gasteiger partial charge >= 0.3 is 0 Å². The van der Waals surface area contributed by atoms with Crippen molar-refractivity contribution in [3.05, 3.63) is 217 Å². The van der Waals surface area contributed by atoms with E-state index in [0.29, 0.717) is 0 Å². The van der Waals surface area contributed by atoms with Crippen LogP contribution in [0.3, 0.4) is 0 Å². The summed E-state index contributed by atoms with van der Waals surface area (Å²) in [5.41, 5.74) is 14.4. The molecule has 0 bridgehead atoms. The molecular weight excluding hydrogens is 1170 g/mol. The van der Waals surface area contributed by atoms with Gasteiger partial charge in [0.1, 0.15) is 11.2 Å². The largest absolute Gasteiger partial charge is 0.465 e. The first-order valence-electron chi connectivity index (χ1n) is 19.8. The average molecular weight is 1220 g/mol. The maximum atomic E-state index is 7.00. The number of benzene rings is 4. The first kappa shape index (κ1) is 54.9. The minimum absolute atomic E-state index is 0. The fraction of sp³-hybridized carbons (Fsp3) is 0.127. The molecule has 10 heteroatoms. The number of aryl methyl sites for hydroxylation is 4. The van der Waals surface area contributed by atoms with Crippen molar-refractivity contribution in [1.29, 1.82) is 0 Å². The molecule has 0 saturated carbocycles. The molecule has 65 heavy (non-hydrogen) atoms. The van der Waals surface area contributed by atoms with Crippen LogP contribution in [0.4, 0.5) is 0 Å². The van der Waals surface area contributed by atoms with E-state index in [-0.39, 0.29) is 47.6 Å². The van der Waals surface area contributed by atoms with Gasteiger partial charge in [0.25, 0.3) is 0 Å². The molecular formula is C55H53Ir2N4O4-3. The molecule has 0 aliphatic carbocycles. The smallest absolute Gasteiger partial charge is 0.137 e. The summed E-state index contributed by atoms with van der Waals surface area (Å²) < 4.78 is 10.7. The zero-order chi connectivity index (χ0) is 44.1. The molecule has 338 valence electrons. The maximum Gasteiger partial charge on any atom is 0.137 e. The van der Waals surface area contributed by atoms with Gasteiger partial charge in [0.05, 0.1) is 18.2 Å². The van der Waals surface area contributed by atoms with Crippen LogP contribution in [0.5, 0.6) is 0 Å². The first-order valence-corrected chi connectivity index (χ1v) is 19.8. The fourth-order valence-corrected chi connectivity index (χ4v) is 6.09. The topological polar surface area (TPSA) is 118 Å². The zero-order valence-corrected chi connectivity index (χ0v) is 41.2. The van der Waals surface area contributed by atoms with E-state index in [4.69, 9.17) is 19.0 Å². The number of hydrogen-bond donors (Lipinski definition) is 2. The number of pyridine rings is 4. The van der Waals surface area contributed by atoms with E-state index in [1.807, 2.05) is 142 Å². The predicted molar refractivity (Wildman–Crippen MR) is 257 cm³/mol. The van der Waals surface area contributed by atoms with Crippen LogP contribution in [-0.2, 0) is 40.2 Å². The normalized spacial score (nSPS) is 9.48. The number of rotatable bonds is 4. The van der Waals surface area contributed by atoms with Crippen molar-refractivity contribution in [2.24, 2.45) is 0 Å². The van der Waals surface area contributed by atoms with Crippen LogP contribution in [0.25, 0.3) is 67.0 Å². The standard InChI is InChI=1S/C14H11NO.C14H10NO.2C12H10N.2CH4O.CH4.2Ir/c2*1-10-2-4-11(5-3-10)14-12-7-9-16-13(12)6-8-15-14;2*1-10-6-5-9-12(13-10)11-7-3-2-4-8-11;2*1-2;;;/h2-9H,1H3;2-4,6-9H,1H3;2*2-7,9H,1H3;2*2H,1H3;1H4;;/q;3*-1;;;;;. The number of hydrogen-bond acceptors (Lipinski definition) is 8. The van der Waals surface area contributed by atoms with E-state index in [2.05, 4.69) is 75.4 Å². The average Bonchev–Trinajstić information content (AvgIpc) is 4.03. The quantitative estimate of drug-likeness (QED) is 0.167. The molecule has 0 aliphatic heterocycles. The van der Waals surface area contributed by atoms with E-state index in [9.17, 15) is 0 Å². The third-order valence-corrected chi connectivity index (χ3v) is 9.05. The van der Waals surface area contributed by atoms with Crippen LogP contribution in [0.1, 0.15) is 29.9 Å². The SMILES string of the molecule is C.CO.CO.Cc1c[c-]c(-c2nccc3occc23)cc1.Cc1ccc(-c2nccc3occc23)cc1.Cc1cccc(-c2[c-]cccc2)n1.Cc1cccc(-c2[c-]cccc2)n1.[Ir].[Ir]. The summed E-state index contributed by atoms with van der Waals surface area (Å²) in [6.07, 6.45) is 6.92. The molecule has 0 saturated heterocycles. The van der Waals surface area contributed by atoms with Crippen LogP contribution in [0.15, 0.2) is 185 Å². The molecule has 6 aromatic heterocycles. The Morgan fingerprint density at radius 2 is 0.923 bits per heavy atom. The molecule has 2 radical (unpaired) electrons. The van der Waals surface area contributed by atoms with Crippen LogP contribution in [0, 0.1) is 45.9 Å². The molecule has 0 spiro atoms. The Morgan fingerprint density at radius 1 is 0.446 bits per heavy atom. The number of aromatic nitrogens is 4. The minimum Gasteiger partial charge on any atom is -0.465 e. The van der Waals surface area contributed by atoms with E-state index >= 15 is 0 Å². The number of nitrogens with zero attached hydrogens (tertiary/aromatic N) is 4. The van der Waals surface area contributed by atoms with Crippen LogP contribution in [-0.4, -0.2) is 44.4 Å². The molecule has 8 nitrogen and oxygen atoms in total. The molecule has 10 aromatic rings.